The lowest BCUT2D eigenvalue weighted by molar-refractivity contribution is -0.121. The maximum Gasteiger partial charge on any atom is 0.262 e. The molecule has 7 heteroatoms. The maximum atomic E-state index is 12.9. The van der Waals surface area contributed by atoms with E-state index < -0.39 is 23.8 Å². The minimum atomic E-state index is -0.453. The summed E-state index contributed by atoms with van der Waals surface area (Å²) in [7, 11) is 0. The molecule has 3 amide bonds. The molecular weight excluding hydrogens is 392 g/mol. The van der Waals surface area contributed by atoms with Gasteiger partial charge in [-0.1, -0.05) is 48.5 Å². The van der Waals surface area contributed by atoms with Gasteiger partial charge in [-0.25, -0.2) is 4.98 Å². The number of hydrogen-bond donors (Lipinski definition) is 2. The van der Waals surface area contributed by atoms with Crippen molar-refractivity contribution in [3.05, 3.63) is 101 Å². The SMILES string of the molecule is O=C(CN1C(=O)c2ccccc2C1=O)NC(c1ccccc1)c1ccc2nc[nH]c2c1. The van der Waals surface area contributed by atoms with Crippen molar-refractivity contribution in [1.29, 1.82) is 0 Å². The molecule has 31 heavy (non-hydrogen) atoms. The number of nitrogens with zero attached hydrogens (tertiary/aromatic N) is 2. The molecule has 0 saturated carbocycles. The summed E-state index contributed by atoms with van der Waals surface area (Å²) in [4.78, 5) is 46.4. The van der Waals surface area contributed by atoms with Gasteiger partial charge in [0.25, 0.3) is 11.8 Å². The van der Waals surface area contributed by atoms with Gasteiger partial charge in [-0.15, -0.1) is 0 Å². The van der Waals surface area contributed by atoms with Crippen LogP contribution in [0.5, 0.6) is 0 Å². The Morgan fingerprint density at radius 1 is 0.903 bits per heavy atom. The number of imide groups is 1. The molecule has 0 bridgehead atoms. The Balaban J connectivity index is 1.41. The predicted octanol–water partition coefficient (Wildman–Crippen LogP) is 3.06. The first kappa shape index (κ1) is 18.7. The number of rotatable bonds is 5. The monoisotopic (exact) mass is 410 g/mol. The zero-order chi connectivity index (χ0) is 21.4. The van der Waals surface area contributed by atoms with Crippen molar-refractivity contribution in [2.45, 2.75) is 6.04 Å². The highest BCUT2D eigenvalue weighted by Gasteiger charge is 2.36. The van der Waals surface area contributed by atoms with Crippen LogP contribution in [0.25, 0.3) is 11.0 Å². The maximum absolute atomic E-state index is 12.9. The smallest absolute Gasteiger partial charge is 0.262 e. The zero-order valence-electron chi connectivity index (χ0n) is 16.4. The zero-order valence-corrected chi connectivity index (χ0v) is 16.4. The van der Waals surface area contributed by atoms with Crippen LogP contribution in [0.1, 0.15) is 37.9 Å². The van der Waals surface area contributed by atoms with Crippen LogP contribution < -0.4 is 5.32 Å². The third kappa shape index (κ3) is 3.36. The Kier molecular flexibility index (Phi) is 4.55. The molecule has 1 aliphatic heterocycles. The minimum absolute atomic E-state index is 0.324. The molecule has 0 radical (unpaired) electrons. The number of benzene rings is 3. The molecule has 5 rings (SSSR count). The number of carbonyl (C=O) groups excluding carboxylic acids is 3. The van der Waals surface area contributed by atoms with Gasteiger partial charge in [0, 0.05) is 0 Å². The number of aromatic nitrogens is 2. The summed E-state index contributed by atoms with van der Waals surface area (Å²) in [6, 6.07) is 21.4. The van der Waals surface area contributed by atoms with E-state index in [1.54, 1.807) is 30.6 Å². The van der Waals surface area contributed by atoms with E-state index >= 15 is 0 Å². The van der Waals surface area contributed by atoms with Crippen LogP contribution in [0.2, 0.25) is 0 Å². The molecule has 0 spiro atoms. The van der Waals surface area contributed by atoms with E-state index in [9.17, 15) is 14.4 Å². The molecule has 1 aromatic heterocycles. The highest BCUT2D eigenvalue weighted by atomic mass is 16.2. The summed E-state index contributed by atoms with van der Waals surface area (Å²) in [5.41, 5.74) is 4.07. The lowest BCUT2D eigenvalue weighted by atomic mass is 9.98. The Labute approximate surface area is 177 Å². The Hall–Kier alpha value is -4.26. The number of amides is 3. The van der Waals surface area contributed by atoms with E-state index in [2.05, 4.69) is 15.3 Å². The second-order valence-corrected chi connectivity index (χ2v) is 7.33. The van der Waals surface area contributed by atoms with E-state index in [1.165, 1.54) is 0 Å². The third-order valence-corrected chi connectivity index (χ3v) is 5.40. The van der Waals surface area contributed by atoms with Gasteiger partial charge in [0.1, 0.15) is 6.54 Å². The largest absolute Gasteiger partial charge is 0.345 e. The van der Waals surface area contributed by atoms with Crippen LogP contribution in [0.15, 0.2) is 79.1 Å². The molecule has 2 N–H and O–H groups in total. The summed E-state index contributed by atoms with van der Waals surface area (Å²) >= 11 is 0. The first-order chi connectivity index (χ1) is 15.1. The highest BCUT2D eigenvalue weighted by Crippen LogP contribution is 2.26. The molecule has 3 aromatic carbocycles. The van der Waals surface area contributed by atoms with Crippen LogP contribution in [0, 0.1) is 0 Å². The second-order valence-electron chi connectivity index (χ2n) is 7.33. The van der Waals surface area contributed by atoms with E-state index in [1.807, 2.05) is 48.5 Å². The van der Waals surface area contributed by atoms with Crippen LogP contribution in [0.4, 0.5) is 0 Å². The summed E-state index contributed by atoms with van der Waals surface area (Å²) < 4.78 is 0. The lowest BCUT2D eigenvalue weighted by Crippen LogP contribution is -2.41. The van der Waals surface area contributed by atoms with Crippen molar-refractivity contribution in [2.24, 2.45) is 0 Å². The standard InChI is InChI=1S/C24H18N4O3/c29-21(13-28-23(30)17-8-4-5-9-18(17)24(28)31)27-22(15-6-2-1-3-7-15)16-10-11-19-20(12-16)26-14-25-19/h1-12,14,22H,13H2,(H,25,26)(H,27,29). The molecule has 7 nitrogen and oxygen atoms in total. The molecule has 1 aliphatic rings. The van der Waals surface area contributed by atoms with Crippen molar-refractivity contribution < 1.29 is 14.4 Å². The third-order valence-electron chi connectivity index (χ3n) is 5.40. The van der Waals surface area contributed by atoms with Gasteiger partial charge in [0.2, 0.25) is 5.91 Å². The average Bonchev–Trinajstić information content (AvgIpc) is 3.37. The topological polar surface area (TPSA) is 95.2 Å². The number of H-pyrrole nitrogens is 1. The fourth-order valence-corrected chi connectivity index (χ4v) is 3.87. The molecule has 0 aliphatic carbocycles. The Bertz CT molecular complexity index is 1280. The number of fused-ring (bicyclic) bond motifs is 2. The van der Waals surface area contributed by atoms with E-state index in [0.29, 0.717) is 11.1 Å². The number of nitrogens with one attached hydrogen (secondary N) is 2. The van der Waals surface area contributed by atoms with Gasteiger partial charge in [-0.2, -0.15) is 0 Å². The normalized spacial score (nSPS) is 14.0. The van der Waals surface area contributed by atoms with E-state index in [4.69, 9.17) is 0 Å². The van der Waals surface area contributed by atoms with Gasteiger partial charge in [-0.05, 0) is 35.4 Å². The van der Waals surface area contributed by atoms with Crippen molar-refractivity contribution in [3.63, 3.8) is 0 Å². The molecule has 4 aromatic rings. The number of carbonyl (C=O) groups is 3. The van der Waals surface area contributed by atoms with Crippen molar-refractivity contribution in [3.8, 4) is 0 Å². The van der Waals surface area contributed by atoms with Gasteiger partial charge in [-0.3, -0.25) is 19.3 Å². The highest BCUT2D eigenvalue weighted by molar-refractivity contribution is 6.22. The molecule has 2 heterocycles. The van der Waals surface area contributed by atoms with Gasteiger partial charge in [0.15, 0.2) is 0 Å². The number of aromatic amines is 1. The van der Waals surface area contributed by atoms with Crippen LogP contribution in [0.3, 0.4) is 0 Å². The summed E-state index contributed by atoms with van der Waals surface area (Å²) in [6.07, 6.45) is 1.62. The van der Waals surface area contributed by atoms with Gasteiger partial charge < -0.3 is 10.3 Å². The molecule has 0 fully saturated rings. The Morgan fingerprint density at radius 3 is 2.29 bits per heavy atom. The van der Waals surface area contributed by atoms with Crippen LogP contribution in [-0.2, 0) is 4.79 Å². The van der Waals surface area contributed by atoms with Crippen LogP contribution >= 0.6 is 0 Å². The number of imidazole rings is 1. The lowest BCUT2D eigenvalue weighted by Gasteiger charge is -2.22. The minimum Gasteiger partial charge on any atom is -0.345 e. The summed E-state index contributed by atoms with van der Waals surface area (Å²) in [6.45, 7) is -0.345. The van der Waals surface area contributed by atoms with Crippen LogP contribution in [-0.4, -0.2) is 39.1 Å². The molecule has 1 atom stereocenters. The van der Waals surface area contributed by atoms with Crippen molar-refractivity contribution in [1.82, 2.24) is 20.2 Å². The average molecular weight is 410 g/mol. The van der Waals surface area contributed by atoms with E-state index in [-0.39, 0.29) is 6.54 Å². The van der Waals surface area contributed by atoms with Crippen molar-refractivity contribution >= 4 is 28.8 Å². The molecular formula is C24H18N4O3. The molecule has 1 unspecified atom stereocenters. The second kappa shape index (κ2) is 7.53. The Morgan fingerprint density at radius 2 is 1.58 bits per heavy atom. The van der Waals surface area contributed by atoms with E-state index in [0.717, 1.165) is 27.1 Å². The summed E-state index contributed by atoms with van der Waals surface area (Å²) in [5, 5.41) is 2.98. The first-order valence-corrected chi connectivity index (χ1v) is 9.84. The van der Waals surface area contributed by atoms with Gasteiger partial charge in [0.05, 0.1) is 34.5 Å². The fraction of sp³-hybridized carbons (Fsp3) is 0.0833. The van der Waals surface area contributed by atoms with Crippen molar-refractivity contribution in [2.75, 3.05) is 6.54 Å². The fourth-order valence-electron chi connectivity index (χ4n) is 3.87. The number of hydrogen-bond acceptors (Lipinski definition) is 4. The molecule has 0 saturated heterocycles. The quantitative estimate of drug-likeness (QED) is 0.495. The predicted molar refractivity (Wildman–Crippen MR) is 114 cm³/mol. The first-order valence-electron chi connectivity index (χ1n) is 9.84. The summed E-state index contributed by atoms with van der Waals surface area (Å²) in [5.74, 6) is -1.33. The molecule has 152 valence electrons. The van der Waals surface area contributed by atoms with Gasteiger partial charge >= 0.3 is 0 Å².